The maximum atomic E-state index is 4.33. The fourth-order valence-corrected chi connectivity index (χ4v) is 0.648. The van der Waals surface area contributed by atoms with E-state index in [9.17, 15) is 0 Å². The van der Waals surface area contributed by atoms with Crippen molar-refractivity contribution in [3.63, 3.8) is 0 Å². The molecule has 0 atom stereocenters. The van der Waals surface area contributed by atoms with Crippen LogP contribution in [0.5, 0.6) is 0 Å². The molecule has 40 valence electrons. The molecule has 0 aromatic rings. The molecule has 1 nitrogen and oxygen atoms in total. The molecule has 0 rings (SSSR count). The van der Waals surface area contributed by atoms with Crippen LogP contribution in [0.25, 0.3) is 0 Å². The van der Waals surface area contributed by atoms with Crippen LogP contribution >= 0.6 is 24.2 Å². The van der Waals surface area contributed by atoms with E-state index >= 15 is 0 Å². The summed E-state index contributed by atoms with van der Waals surface area (Å²) in [4.78, 5) is 0. The predicted molar refractivity (Wildman–Crippen MR) is 37.8 cm³/mol. The first kappa shape index (κ1) is 7.15. The Morgan fingerprint density at radius 2 is 2.57 bits per heavy atom. The highest BCUT2D eigenvalue weighted by Gasteiger charge is 1.74. The van der Waals surface area contributed by atoms with E-state index in [1.54, 1.807) is 0 Å². The molecule has 0 aromatic heterocycles. The van der Waals surface area contributed by atoms with Gasteiger partial charge in [0.05, 0.1) is 5.16 Å². The highest BCUT2D eigenvalue weighted by atomic mass is 32.2. The van der Waals surface area contributed by atoms with Crippen molar-refractivity contribution >= 4 is 29.3 Å². The predicted octanol–water partition coefficient (Wildman–Crippen LogP) is 2.15. The monoisotopic (exact) mass is 133 g/mol. The summed E-state index contributed by atoms with van der Waals surface area (Å²) in [5.41, 5.74) is 0. The Balaban J connectivity index is 2.83. The first-order chi connectivity index (χ1) is 3.41. The van der Waals surface area contributed by atoms with Gasteiger partial charge in [0, 0.05) is 5.75 Å². The number of thiocarbonyl (C=S) groups is 1. The van der Waals surface area contributed by atoms with E-state index in [0.717, 1.165) is 12.2 Å². The third-order valence-electron chi connectivity index (χ3n) is 0.397. The quantitative estimate of drug-likeness (QED) is 0.253. The first-order valence-electron chi connectivity index (χ1n) is 2.11. The van der Waals surface area contributed by atoms with E-state index in [-0.39, 0.29) is 0 Å². The summed E-state index contributed by atoms with van der Waals surface area (Å²) < 4.78 is 3.64. The Bertz CT molecular complexity index is 75.8. The maximum absolute atomic E-state index is 4.33. The van der Waals surface area contributed by atoms with Crippen molar-refractivity contribution < 1.29 is 0 Å². The van der Waals surface area contributed by atoms with Gasteiger partial charge in [-0.1, -0.05) is 6.92 Å². The molecule has 7 heavy (non-hydrogen) atoms. The second-order valence-electron chi connectivity index (χ2n) is 1.02. The molecule has 0 fully saturated rings. The first-order valence-corrected chi connectivity index (χ1v) is 3.46. The van der Waals surface area contributed by atoms with Gasteiger partial charge in [0.1, 0.15) is 0 Å². The molecule has 0 saturated carbocycles. The molecular formula is C4H7NS2. The van der Waals surface area contributed by atoms with E-state index in [2.05, 4.69) is 28.7 Å². The van der Waals surface area contributed by atoms with Crippen molar-refractivity contribution in [3.8, 4) is 0 Å². The minimum Gasteiger partial charge on any atom is -0.161 e. The fourth-order valence-electron chi connectivity index (χ4n) is 0.163. The van der Waals surface area contributed by atoms with Crippen LogP contribution in [0.3, 0.4) is 0 Å². The summed E-state index contributed by atoms with van der Waals surface area (Å²) in [6.45, 7) is 2.10. The topological polar surface area (TPSA) is 12.4 Å². The molecule has 3 heteroatoms. The summed E-state index contributed by atoms with van der Waals surface area (Å²) in [6, 6.07) is 0. The van der Waals surface area contributed by atoms with E-state index < -0.39 is 0 Å². The molecule has 0 heterocycles. The van der Waals surface area contributed by atoms with Gasteiger partial charge in [0.25, 0.3) is 0 Å². The summed E-state index contributed by atoms with van der Waals surface area (Å²) in [5, 5.41) is 2.27. The third kappa shape index (κ3) is 6.15. The van der Waals surface area contributed by atoms with Gasteiger partial charge in [0.2, 0.25) is 0 Å². The van der Waals surface area contributed by atoms with Crippen molar-refractivity contribution in [3.05, 3.63) is 0 Å². The van der Waals surface area contributed by atoms with Crippen LogP contribution in [-0.2, 0) is 0 Å². The summed E-state index contributed by atoms with van der Waals surface area (Å²) in [5.74, 6) is 1.05. The van der Waals surface area contributed by atoms with Crippen molar-refractivity contribution in [2.45, 2.75) is 13.3 Å². The maximum Gasteiger partial charge on any atom is 0.0718 e. The van der Waals surface area contributed by atoms with E-state index in [0.29, 0.717) is 0 Å². The average molecular weight is 133 g/mol. The number of nitrogens with zero attached hydrogens (tertiary/aromatic N) is 1. The smallest absolute Gasteiger partial charge is 0.0718 e. The second-order valence-corrected chi connectivity index (χ2v) is 2.05. The lowest BCUT2D eigenvalue weighted by Gasteiger charge is -1.80. The van der Waals surface area contributed by atoms with Gasteiger partial charge in [-0.2, -0.15) is 4.40 Å². The highest BCUT2D eigenvalue weighted by molar-refractivity contribution is 7.98. The second kappa shape index (κ2) is 6.15. The van der Waals surface area contributed by atoms with Crippen LogP contribution in [0.2, 0.25) is 0 Å². The molecule has 0 bridgehead atoms. The van der Waals surface area contributed by atoms with Gasteiger partial charge in [-0.05, 0) is 30.6 Å². The number of hydrogen-bond acceptors (Lipinski definition) is 3. The van der Waals surface area contributed by atoms with Crippen LogP contribution in [0.4, 0.5) is 0 Å². The summed E-state index contributed by atoms with van der Waals surface area (Å²) in [7, 11) is 0. The lowest BCUT2D eigenvalue weighted by atomic mass is 10.6. The van der Waals surface area contributed by atoms with E-state index in [1.807, 2.05) is 0 Å². The van der Waals surface area contributed by atoms with Gasteiger partial charge in [-0.15, -0.1) is 0 Å². The molecule has 0 saturated heterocycles. The lowest BCUT2D eigenvalue weighted by Crippen LogP contribution is -1.65. The minimum atomic E-state index is 1.05. The normalized spacial score (nSPS) is 7.57. The SMILES string of the molecule is CCCSN=C=S. The minimum absolute atomic E-state index is 1.05. The molecule has 0 aliphatic rings. The van der Waals surface area contributed by atoms with E-state index in [1.165, 1.54) is 11.9 Å². The zero-order valence-electron chi connectivity index (χ0n) is 4.18. The largest absolute Gasteiger partial charge is 0.161 e. The third-order valence-corrected chi connectivity index (χ3v) is 1.42. The Kier molecular flexibility index (Phi) is 6.28. The average Bonchev–Trinajstić information content (AvgIpc) is 1.69. The number of hydrogen-bond donors (Lipinski definition) is 0. The van der Waals surface area contributed by atoms with Crippen LogP contribution in [0.15, 0.2) is 4.40 Å². The molecule has 0 amide bonds. The summed E-state index contributed by atoms with van der Waals surface area (Å²) in [6.07, 6.45) is 1.14. The fraction of sp³-hybridized carbons (Fsp3) is 0.750. The molecule has 0 spiro atoms. The van der Waals surface area contributed by atoms with E-state index in [4.69, 9.17) is 0 Å². The van der Waals surface area contributed by atoms with Crippen molar-refractivity contribution in [2.75, 3.05) is 5.75 Å². The molecule has 0 unspecified atom stereocenters. The van der Waals surface area contributed by atoms with Crippen LogP contribution in [-0.4, -0.2) is 10.9 Å². The summed E-state index contributed by atoms with van der Waals surface area (Å²) >= 11 is 5.79. The Morgan fingerprint density at radius 1 is 1.86 bits per heavy atom. The van der Waals surface area contributed by atoms with Crippen LogP contribution in [0, 0.1) is 0 Å². The standard InChI is InChI=1S/C4H7NS2/c1-2-3-7-5-4-6/h2-3H2,1H3. The molecule has 0 radical (unpaired) electrons. The molecule has 0 aliphatic heterocycles. The lowest BCUT2D eigenvalue weighted by molar-refractivity contribution is 1.11. The molecular weight excluding hydrogens is 126 g/mol. The highest BCUT2D eigenvalue weighted by Crippen LogP contribution is 2.00. The number of isothiocyanates is 1. The van der Waals surface area contributed by atoms with Crippen molar-refractivity contribution in [2.24, 2.45) is 4.40 Å². The van der Waals surface area contributed by atoms with Crippen molar-refractivity contribution in [1.82, 2.24) is 0 Å². The Morgan fingerprint density at radius 3 is 3.00 bits per heavy atom. The molecule has 0 N–H and O–H groups in total. The van der Waals surface area contributed by atoms with Crippen molar-refractivity contribution in [1.29, 1.82) is 0 Å². The molecule has 0 aromatic carbocycles. The van der Waals surface area contributed by atoms with Crippen LogP contribution < -0.4 is 0 Å². The van der Waals surface area contributed by atoms with Crippen LogP contribution in [0.1, 0.15) is 13.3 Å². The Hall–Kier alpha value is 0.150. The zero-order valence-corrected chi connectivity index (χ0v) is 5.81. The number of rotatable bonds is 3. The zero-order chi connectivity index (χ0) is 5.54. The van der Waals surface area contributed by atoms with Gasteiger partial charge in [-0.25, -0.2) is 0 Å². The van der Waals surface area contributed by atoms with Gasteiger partial charge in [0.15, 0.2) is 0 Å². The molecule has 0 aliphatic carbocycles. The van der Waals surface area contributed by atoms with Gasteiger partial charge >= 0.3 is 0 Å². The Labute approximate surface area is 53.3 Å². The van der Waals surface area contributed by atoms with Gasteiger partial charge < -0.3 is 0 Å². The van der Waals surface area contributed by atoms with Gasteiger partial charge in [-0.3, -0.25) is 0 Å².